The SMILES string of the molecule is COC(=O)[C@@H]1C[C@@H](NC(=O)c2cccc(-c3cccc(F)c3)c2)CN1Cc1ccc(OC)c(OC)c1. The Bertz CT molecular complexity index is 1250. The van der Waals surface area contributed by atoms with Crippen molar-refractivity contribution in [3.63, 3.8) is 0 Å². The van der Waals surface area contributed by atoms with E-state index in [0.717, 1.165) is 11.1 Å². The third-order valence-electron chi connectivity index (χ3n) is 6.33. The molecule has 1 amide bonds. The molecule has 0 spiro atoms. The van der Waals surface area contributed by atoms with Crippen LogP contribution in [-0.4, -0.2) is 56.7 Å². The summed E-state index contributed by atoms with van der Waals surface area (Å²) in [6.45, 7) is 0.949. The van der Waals surface area contributed by atoms with Crippen LogP contribution in [0, 0.1) is 5.82 Å². The van der Waals surface area contributed by atoms with E-state index >= 15 is 0 Å². The molecule has 2 atom stereocenters. The number of methoxy groups -OCH3 is 3. The summed E-state index contributed by atoms with van der Waals surface area (Å²) >= 11 is 0. The summed E-state index contributed by atoms with van der Waals surface area (Å²) in [5.74, 6) is 0.288. The Morgan fingerprint density at radius 3 is 2.36 bits per heavy atom. The molecule has 1 fully saturated rings. The van der Waals surface area contributed by atoms with Crippen LogP contribution in [0.1, 0.15) is 22.3 Å². The second-order valence-corrected chi connectivity index (χ2v) is 8.65. The minimum absolute atomic E-state index is 0.250. The number of ether oxygens (including phenoxy) is 3. The van der Waals surface area contributed by atoms with E-state index in [-0.39, 0.29) is 23.7 Å². The molecule has 1 saturated heterocycles. The fourth-order valence-electron chi connectivity index (χ4n) is 4.55. The molecule has 36 heavy (non-hydrogen) atoms. The predicted molar refractivity (Wildman–Crippen MR) is 133 cm³/mol. The molecular weight excluding hydrogens is 463 g/mol. The van der Waals surface area contributed by atoms with E-state index in [1.54, 1.807) is 44.6 Å². The monoisotopic (exact) mass is 492 g/mol. The highest BCUT2D eigenvalue weighted by atomic mass is 19.1. The number of rotatable bonds is 8. The van der Waals surface area contributed by atoms with Gasteiger partial charge < -0.3 is 19.5 Å². The number of carbonyl (C=O) groups is 2. The lowest BCUT2D eigenvalue weighted by Crippen LogP contribution is -2.37. The molecule has 1 aliphatic heterocycles. The minimum Gasteiger partial charge on any atom is -0.493 e. The number of carbonyl (C=O) groups excluding carboxylic acids is 2. The average molecular weight is 493 g/mol. The molecule has 4 rings (SSSR count). The maximum Gasteiger partial charge on any atom is 0.323 e. The van der Waals surface area contributed by atoms with Crippen LogP contribution in [0.3, 0.4) is 0 Å². The van der Waals surface area contributed by atoms with Crippen LogP contribution in [0.5, 0.6) is 11.5 Å². The molecule has 3 aromatic carbocycles. The van der Waals surface area contributed by atoms with Crippen LogP contribution < -0.4 is 14.8 Å². The van der Waals surface area contributed by atoms with Crippen molar-refractivity contribution in [1.82, 2.24) is 10.2 Å². The van der Waals surface area contributed by atoms with E-state index in [0.29, 0.717) is 42.1 Å². The van der Waals surface area contributed by atoms with Crippen LogP contribution in [0.2, 0.25) is 0 Å². The van der Waals surface area contributed by atoms with Crippen molar-refractivity contribution in [3.05, 3.63) is 83.7 Å². The number of benzene rings is 3. The van der Waals surface area contributed by atoms with Gasteiger partial charge in [-0.2, -0.15) is 0 Å². The molecular formula is C28H29FN2O5. The van der Waals surface area contributed by atoms with Crippen LogP contribution in [0.4, 0.5) is 4.39 Å². The zero-order valence-electron chi connectivity index (χ0n) is 20.5. The van der Waals surface area contributed by atoms with Gasteiger partial charge in [0, 0.05) is 24.7 Å². The highest BCUT2D eigenvalue weighted by molar-refractivity contribution is 5.95. The lowest BCUT2D eigenvalue weighted by Gasteiger charge is -2.22. The van der Waals surface area contributed by atoms with E-state index in [9.17, 15) is 14.0 Å². The number of hydrogen-bond acceptors (Lipinski definition) is 6. The predicted octanol–water partition coefficient (Wildman–Crippen LogP) is 4.06. The summed E-state index contributed by atoms with van der Waals surface area (Å²) in [5.41, 5.74) is 2.84. The van der Waals surface area contributed by atoms with Gasteiger partial charge in [-0.3, -0.25) is 14.5 Å². The fourth-order valence-corrected chi connectivity index (χ4v) is 4.55. The first-order chi connectivity index (χ1) is 17.4. The summed E-state index contributed by atoms with van der Waals surface area (Å²) in [6.07, 6.45) is 0.426. The largest absolute Gasteiger partial charge is 0.493 e. The molecule has 1 aliphatic rings. The van der Waals surface area contributed by atoms with Crippen LogP contribution in [-0.2, 0) is 16.1 Å². The second-order valence-electron chi connectivity index (χ2n) is 8.65. The van der Waals surface area contributed by atoms with Gasteiger partial charge in [-0.25, -0.2) is 4.39 Å². The molecule has 3 aromatic rings. The summed E-state index contributed by atoms with van der Waals surface area (Å²) in [6, 6.07) is 18.2. The lowest BCUT2D eigenvalue weighted by molar-refractivity contribution is -0.146. The van der Waals surface area contributed by atoms with Crippen molar-refractivity contribution >= 4 is 11.9 Å². The molecule has 188 valence electrons. The van der Waals surface area contributed by atoms with E-state index < -0.39 is 6.04 Å². The van der Waals surface area contributed by atoms with Gasteiger partial charge in [0.25, 0.3) is 5.91 Å². The average Bonchev–Trinajstić information content (AvgIpc) is 3.29. The number of nitrogens with zero attached hydrogens (tertiary/aromatic N) is 1. The molecule has 0 radical (unpaired) electrons. The van der Waals surface area contributed by atoms with Gasteiger partial charge in [0.05, 0.1) is 21.3 Å². The Kier molecular flexibility index (Phi) is 7.85. The van der Waals surface area contributed by atoms with E-state index in [1.807, 2.05) is 29.2 Å². The summed E-state index contributed by atoms with van der Waals surface area (Å²) in [4.78, 5) is 27.6. The molecule has 0 aliphatic carbocycles. The van der Waals surface area contributed by atoms with Gasteiger partial charge >= 0.3 is 5.97 Å². The number of esters is 1. The first-order valence-corrected chi connectivity index (χ1v) is 11.6. The number of nitrogens with one attached hydrogen (secondary N) is 1. The Morgan fingerprint density at radius 1 is 0.944 bits per heavy atom. The van der Waals surface area contributed by atoms with Crippen LogP contribution >= 0.6 is 0 Å². The molecule has 0 unspecified atom stereocenters. The maximum atomic E-state index is 13.7. The summed E-state index contributed by atoms with van der Waals surface area (Å²) < 4.78 is 29.4. The molecule has 1 heterocycles. The van der Waals surface area contributed by atoms with E-state index in [2.05, 4.69) is 5.32 Å². The molecule has 1 N–H and O–H groups in total. The van der Waals surface area contributed by atoms with Gasteiger partial charge in [0.15, 0.2) is 11.5 Å². The number of likely N-dealkylation sites (tertiary alicyclic amines) is 1. The quantitative estimate of drug-likeness (QED) is 0.478. The molecule has 0 aromatic heterocycles. The van der Waals surface area contributed by atoms with Gasteiger partial charge in [0.2, 0.25) is 0 Å². The van der Waals surface area contributed by atoms with Crippen molar-refractivity contribution in [2.45, 2.75) is 25.0 Å². The molecule has 8 heteroatoms. The van der Waals surface area contributed by atoms with Crippen LogP contribution in [0.25, 0.3) is 11.1 Å². The van der Waals surface area contributed by atoms with Crippen molar-refractivity contribution in [3.8, 4) is 22.6 Å². The smallest absolute Gasteiger partial charge is 0.323 e. The van der Waals surface area contributed by atoms with Crippen molar-refractivity contribution in [2.75, 3.05) is 27.9 Å². The van der Waals surface area contributed by atoms with Crippen molar-refractivity contribution in [1.29, 1.82) is 0 Å². The Hall–Kier alpha value is -3.91. The standard InChI is InChI=1S/C28H29FN2O5/c1-34-25-11-10-18(12-26(25)35-2)16-31-17-23(15-24(31)28(33)36-3)30-27(32)21-8-4-6-19(13-21)20-7-5-9-22(29)14-20/h4-14,23-24H,15-17H2,1-3H3,(H,30,32)/t23-,24+/m1/s1. The molecule has 7 nitrogen and oxygen atoms in total. The lowest BCUT2D eigenvalue weighted by atomic mass is 10.0. The zero-order chi connectivity index (χ0) is 25.7. The summed E-state index contributed by atoms with van der Waals surface area (Å²) in [7, 11) is 4.51. The number of halogens is 1. The van der Waals surface area contributed by atoms with Gasteiger partial charge in [-0.15, -0.1) is 0 Å². The maximum absolute atomic E-state index is 13.7. The summed E-state index contributed by atoms with van der Waals surface area (Å²) in [5, 5.41) is 3.04. The van der Waals surface area contributed by atoms with Crippen LogP contribution in [0.15, 0.2) is 66.7 Å². The number of hydrogen-bond donors (Lipinski definition) is 1. The minimum atomic E-state index is -0.493. The Morgan fingerprint density at radius 2 is 1.67 bits per heavy atom. The first-order valence-electron chi connectivity index (χ1n) is 11.6. The van der Waals surface area contributed by atoms with E-state index in [1.165, 1.54) is 19.2 Å². The topological polar surface area (TPSA) is 77.1 Å². The number of amides is 1. The normalized spacial score (nSPS) is 17.4. The first kappa shape index (κ1) is 25.2. The van der Waals surface area contributed by atoms with Crippen molar-refractivity contribution < 1.29 is 28.2 Å². The Labute approximate surface area is 209 Å². The third-order valence-corrected chi connectivity index (χ3v) is 6.33. The highest BCUT2D eigenvalue weighted by Gasteiger charge is 2.38. The Balaban J connectivity index is 1.48. The van der Waals surface area contributed by atoms with Gasteiger partial charge in [-0.1, -0.05) is 30.3 Å². The molecule has 0 saturated carbocycles. The second kappa shape index (κ2) is 11.2. The zero-order valence-corrected chi connectivity index (χ0v) is 20.5. The van der Waals surface area contributed by atoms with E-state index in [4.69, 9.17) is 14.2 Å². The third kappa shape index (κ3) is 5.66. The van der Waals surface area contributed by atoms with Gasteiger partial charge in [-0.05, 0) is 59.5 Å². The van der Waals surface area contributed by atoms with Crippen molar-refractivity contribution in [2.24, 2.45) is 0 Å². The highest BCUT2D eigenvalue weighted by Crippen LogP contribution is 2.30. The fraction of sp³-hybridized carbons (Fsp3) is 0.286. The van der Waals surface area contributed by atoms with Gasteiger partial charge in [0.1, 0.15) is 11.9 Å². The molecule has 0 bridgehead atoms.